The van der Waals surface area contributed by atoms with Gasteiger partial charge in [0.25, 0.3) is 0 Å². The summed E-state index contributed by atoms with van der Waals surface area (Å²) in [5, 5.41) is 4.46. The molecule has 3 aromatic heterocycles. The Bertz CT molecular complexity index is 783. The molecule has 0 spiro atoms. The molecular weight excluding hydrogens is 288 g/mol. The zero-order valence-electron chi connectivity index (χ0n) is 12.7. The molecule has 3 aromatic rings. The van der Waals surface area contributed by atoms with Gasteiger partial charge in [0.2, 0.25) is 0 Å². The number of alkyl halides is 1. The van der Waals surface area contributed by atoms with Gasteiger partial charge in [-0.3, -0.25) is 4.68 Å². The molecule has 0 aliphatic carbocycles. The van der Waals surface area contributed by atoms with Crippen LogP contribution in [0.3, 0.4) is 0 Å². The largest absolute Gasteiger partial charge is 0.464 e. The smallest absolute Gasteiger partial charge is 0.159 e. The summed E-state index contributed by atoms with van der Waals surface area (Å²) in [5.41, 5.74) is 2.88. The number of aromatic nitrogens is 4. The fourth-order valence-electron chi connectivity index (χ4n) is 2.81. The second kappa shape index (κ2) is 5.22. The molecule has 6 heteroatoms. The van der Waals surface area contributed by atoms with Crippen LogP contribution in [0.2, 0.25) is 0 Å². The van der Waals surface area contributed by atoms with Crippen molar-refractivity contribution in [3.8, 4) is 0 Å². The monoisotopic (exact) mass is 306 g/mol. The van der Waals surface area contributed by atoms with Crippen LogP contribution >= 0.6 is 11.6 Å². The molecule has 21 heavy (non-hydrogen) atoms. The van der Waals surface area contributed by atoms with E-state index in [0.29, 0.717) is 5.88 Å². The predicted octanol–water partition coefficient (Wildman–Crippen LogP) is 3.37. The average Bonchev–Trinajstić information content (AvgIpc) is 3.08. The molecule has 0 bridgehead atoms. The van der Waals surface area contributed by atoms with E-state index >= 15 is 0 Å². The Morgan fingerprint density at radius 3 is 2.71 bits per heavy atom. The van der Waals surface area contributed by atoms with Crippen molar-refractivity contribution in [2.75, 3.05) is 5.88 Å². The zero-order chi connectivity index (χ0) is 15.1. The molecule has 3 rings (SSSR count). The highest BCUT2D eigenvalue weighted by molar-refractivity contribution is 6.17. The second-order valence-electron chi connectivity index (χ2n) is 5.34. The van der Waals surface area contributed by atoms with Gasteiger partial charge in [-0.1, -0.05) is 0 Å². The van der Waals surface area contributed by atoms with Gasteiger partial charge in [0.1, 0.15) is 22.9 Å². The Balaban J connectivity index is 2.20. The van der Waals surface area contributed by atoms with Gasteiger partial charge < -0.3 is 8.98 Å². The fraction of sp³-hybridized carbons (Fsp3) is 0.467. The number of hydrogen-bond donors (Lipinski definition) is 0. The van der Waals surface area contributed by atoms with Crippen LogP contribution in [-0.4, -0.2) is 25.2 Å². The number of aryl methyl sites for hydroxylation is 4. The number of imidazole rings is 1. The van der Waals surface area contributed by atoms with Crippen LogP contribution in [0.15, 0.2) is 16.5 Å². The number of fused-ring (bicyclic) bond motifs is 1. The SMILES string of the molecule is Cc1ccc(C(C)n2c(CCCl)nc3c(C)nn(C)c32)o1. The summed E-state index contributed by atoms with van der Waals surface area (Å²) in [6, 6.07) is 4.05. The van der Waals surface area contributed by atoms with E-state index in [9.17, 15) is 0 Å². The Labute approximate surface area is 128 Å². The van der Waals surface area contributed by atoms with Gasteiger partial charge in [-0.15, -0.1) is 11.6 Å². The zero-order valence-corrected chi connectivity index (χ0v) is 13.5. The van der Waals surface area contributed by atoms with Crippen molar-refractivity contribution < 1.29 is 4.42 Å². The molecule has 5 nitrogen and oxygen atoms in total. The minimum atomic E-state index is 0.0525. The van der Waals surface area contributed by atoms with Gasteiger partial charge in [0.15, 0.2) is 5.65 Å². The Hall–Kier alpha value is -1.75. The topological polar surface area (TPSA) is 48.8 Å². The number of nitrogens with zero attached hydrogens (tertiary/aromatic N) is 4. The first kappa shape index (κ1) is 14.2. The molecule has 0 aliphatic heterocycles. The van der Waals surface area contributed by atoms with Crippen molar-refractivity contribution in [3.63, 3.8) is 0 Å². The first-order chi connectivity index (χ1) is 10.0. The molecule has 0 radical (unpaired) electrons. The van der Waals surface area contributed by atoms with Crippen LogP contribution in [0, 0.1) is 13.8 Å². The van der Waals surface area contributed by atoms with Crippen LogP contribution in [0.4, 0.5) is 0 Å². The van der Waals surface area contributed by atoms with Gasteiger partial charge in [-0.25, -0.2) is 4.98 Å². The van der Waals surface area contributed by atoms with Crippen molar-refractivity contribution in [1.82, 2.24) is 19.3 Å². The molecule has 1 unspecified atom stereocenters. The minimum absolute atomic E-state index is 0.0525. The van der Waals surface area contributed by atoms with Gasteiger partial charge in [-0.05, 0) is 32.9 Å². The van der Waals surface area contributed by atoms with Crippen molar-refractivity contribution in [2.24, 2.45) is 7.05 Å². The summed E-state index contributed by atoms with van der Waals surface area (Å²) in [6.45, 7) is 6.04. The Kier molecular flexibility index (Phi) is 3.53. The van der Waals surface area contributed by atoms with E-state index in [0.717, 1.165) is 40.6 Å². The highest BCUT2D eigenvalue weighted by Gasteiger charge is 2.23. The molecule has 0 amide bonds. The van der Waals surface area contributed by atoms with Gasteiger partial charge in [-0.2, -0.15) is 5.10 Å². The molecule has 0 fully saturated rings. The van der Waals surface area contributed by atoms with Gasteiger partial charge in [0.05, 0.1) is 11.7 Å². The highest BCUT2D eigenvalue weighted by Crippen LogP contribution is 2.28. The predicted molar refractivity (Wildman–Crippen MR) is 82.9 cm³/mol. The molecule has 0 saturated carbocycles. The molecule has 112 valence electrons. The lowest BCUT2D eigenvalue weighted by Gasteiger charge is -2.15. The van der Waals surface area contributed by atoms with Gasteiger partial charge in [0, 0.05) is 19.3 Å². The van der Waals surface area contributed by atoms with E-state index in [1.807, 2.05) is 37.7 Å². The summed E-state index contributed by atoms with van der Waals surface area (Å²) >= 11 is 5.94. The van der Waals surface area contributed by atoms with Crippen LogP contribution in [0.5, 0.6) is 0 Å². The fourth-order valence-corrected chi connectivity index (χ4v) is 2.98. The lowest BCUT2D eigenvalue weighted by Crippen LogP contribution is -2.13. The van der Waals surface area contributed by atoms with E-state index < -0.39 is 0 Å². The Morgan fingerprint density at radius 2 is 2.10 bits per heavy atom. The molecule has 0 aliphatic rings. The van der Waals surface area contributed by atoms with Crippen LogP contribution in [0.25, 0.3) is 11.2 Å². The molecular formula is C15H19ClN4O. The van der Waals surface area contributed by atoms with E-state index in [1.54, 1.807) is 0 Å². The van der Waals surface area contributed by atoms with Gasteiger partial charge >= 0.3 is 0 Å². The summed E-state index contributed by atoms with van der Waals surface area (Å²) in [6.07, 6.45) is 0.722. The summed E-state index contributed by atoms with van der Waals surface area (Å²) < 4.78 is 9.84. The lowest BCUT2D eigenvalue weighted by molar-refractivity contribution is 0.425. The maximum Gasteiger partial charge on any atom is 0.159 e. The van der Waals surface area contributed by atoms with E-state index in [-0.39, 0.29) is 6.04 Å². The first-order valence-electron chi connectivity index (χ1n) is 7.05. The number of furan rings is 1. The second-order valence-corrected chi connectivity index (χ2v) is 5.72. The van der Waals surface area contributed by atoms with Crippen molar-refractivity contribution in [2.45, 2.75) is 33.2 Å². The molecule has 0 saturated heterocycles. The van der Waals surface area contributed by atoms with E-state index in [2.05, 4.69) is 16.6 Å². The van der Waals surface area contributed by atoms with E-state index in [1.165, 1.54) is 0 Å². The third kappa shape index (κ3) is 2.25. The summed E-state index contributed by atoms with van der Waals surface area (Å²) in [4.78, 5) is 4.73. The van der Waals surface area contributed by atoms with E-state index in [4.69, 9.17) is 21.0 Å². The number of halogens is 1. The third-order valence-electron chi connectivity index (χ3n) is 3.79. The standard InChI is InChI=1S/C15H19ClN4O/c1-9-5-6-12(21-9)11(3)20-13(7-8-16)17-14-10(2)18-19(4)15(14)20/h5-6,11H,7-8H2,1-4H3. The van der Waals surface area contributed by atoms with Crippen LogP contribution < -0.4 is 0 Å². The quantitative estimate of drug-likeness (QED) is 0.694. The minimum Gasteiger partial charge on any atom is -0.464 e. The molecule has 1 atom stereocenters. The summed E-state index contributed by atoms with van der Waals surface area (Å²) in [7, 11) is 1.94. The first-order valence-corrected chi connectivity index (χ1v) is 7.59. The Morgan fingerprint density at radius 1 is 1.33 bits per heavy atom. The maximum atomic E-state index is 5.94. The van der Waals surface area contributed by atoms with Crippen molar-refractivity contribution in [3.05, 3.63) is 35.2 Å². The van der Waals surface area contributed by atoms with Crippen LogP contribution in [-0.2, 0) is 13.5 Å². The summed E-state index contributed by atoms with van der Waals surface area (Å²) in [5.74, 6) is 3.34. The molecule has 3 heterocycles. The molecule has 0 aromatic carbocycles. The van der Waals surface area contributed by atoms with Crippen molar-refractivity contribution >= 4 is 22.8 Å². The average molecular weight is 307 g/mol. The highest BCUT2D eigenvalue weighted by atomic mass is 35.5. The number of hydrogen-bond acceptors (Lipinski definition) is 3. The third-order valence-corrected chi connectivity index (χ3v) is 3.98. The van der Waals surface area contributed by atoms with Crippen LogP contribution in [0.1, 0.15) is 36.0 Å². The maximum absolute atomic E-state index is 5.94. The lowest BCUT2D eigenvalue weighted by atomic mass is 10.2. The molecule has 0 N–H and O–H groups in total. The van der Waals surface area contributed by atoms with Crippen molar-refractivity contribution in [1.29, 1.82) is 0 Å². The normalized spacial score (nSPS) is 13.2. The number of rotatable bonds is 4.